The van der Waals surface area contributed by atoms with E-state index >= 15 is 0 Å². The van der Waals surface area contributed by atoms with E-state index in [1.54, 1.807) is 30.3 Å². The summed E-state index contributed by atoms with van der Waals surface area (Å²) in [4.78, 5) is 0. The normalized spacial score (nSPS) is 10.3. The highest BCUT2D eigenvalue weighted by Gasteiger charge is 2.20. The number of rotatable bonds is 4. The number of ether oxygens (including phenoxy) is 1. The fourth-order valence-electron chi connectivity index (χ4n) is 2.33. The molecule has 1 heterocycles. The highest BCUT2D eigenvalue weighted by atomic mass is 19.1. The Morgan fingerprint density at radius 3 is 2.65 bits per heavy atom. The minimum atomic E-state index is -0.443. The molecule has 0 saturated heterocycles. The van der Waals surface area contributed by atoms with Crippen LogP contribution in [0, 0.1) is 17.1 Å². The molecule has 0 amide bonds. The van der Waals surface area contributed by atoms with Crippen LogP contribution in [0.15, 0.2) is 48.5 Å². The Balaban J connectivity index is 2.26. The molecule has 0 saturated carbocycles. The lowest BCUT2D eigenvalue weighted by atomic mass is 10.1. The predicted molar refractivity (Wildman–Crippen MR) is 82.6 cm³/mol. The van der Waals surface area contributed by atoms with Gasteiger partial charge < -0.3 is 4.74 Å². The van der Waals surface area contributed by atoms with E-state index in [9.17, 15) is 9.65 Å². The first-order chi connectivity index (χ1) is 11.3. The summed E-state index contributed by atoms with van der Waals surface area (Å²) in [5.41, 5.74) is 1.22. The monoisotopic (exact) mass is 308 g/mol. The van der Waals surface area contributed by atoms with E-state index in [1.807, 2.05) is 25.1 Å². The summed E-state index contributed by atoms with van der Waals surface area (Å²) in [5, 5.41) is 17.2. The lowest BCUT2D eigenvalue weighted by Gasteiger charge is -2.12. The van der Waals surface area contributed by atoms with Crippen molar-refractivity contribution in [2.45, 2.75) is 6.92 Å². The van der Waals surface area contributed by atoms with E-state index in [0.29, 0.717) is 23.7 Å². The first-order valence-corrected chi connectivity index (χ1v) is 7.09. The molecule has 5 nitrogen and oxygen atoms in total. The van der Waals surface area contributed by atoms with Crippen LogP contribution in [0.3, 0.4) is 0 Å². The van der Waals surface area contributed by atoms with Crippen molar-refractivity contribution < 1.29 is 9.13 Å². The van der Waals surface area contributed by atoms with E-state index in [2.05, 4.69) is 10.3 Å². The lowest BCUT2D eigenvalue weighted by Crippen LogP contribution is -2.04. The fourth-order valence-corrected chi connectivity index (χ4v) is 2.33. The third-order valence-corrected chi connectivity index (χ3v) is 3.30. The number of halogens is 1. The number of benzene rings is 2. The van der Waals surface area contributed by atoms with Crippen molar-refractivity contribution in [2.75, 3.05) is 6.61 Å². The van der Waals surface area contributed by atoms with Gasteiger partial charge in [-0.3, -0.25) is 0 Å². The Morgan fingerprint density at radius 2 is 1.91 bits per heavy atom. The van der Waals surface area contributed by atoms with E-state index < -0.39 is 5.82 Å². The molecule has 0 aliphatic carbocycles. The lowest BCUT2D eigenvalue weighted by molar-refractivity contribution is 0.338. The first kappa shape index (κ1) is 14.7. The number of hydrogen-bond acceptors (Lipinski definition) is 4. The summed E-state index contributed by atoms with van der Waals surface area (Å²) in [6.45, 7) is 2.35. The predicted octanol–water partition coefficient (Wildman–Crippen LogP) is 3.34. The number of para-hydroxylation sites is 2. The molecule has 2 aromatic carbocycles. The van der Waals surface area contributed by atoms with Crippen LogP contribution < -0.4 is 4.74 Å². The standard InChI is InChI=1S/C17H13FN4O/c1-2-23-16-10-6-5-9-15(16)22-17(14(11-19)20-21-22)12-7-3-4-8-13(12)18/h3-10H,2H2,1H3. The molecular formula is C17H13FN4O. The van der Waals surface area contributed by atoms with Gasteiger partial charge in [0.1, 0.15) is 29.0 Å². The molecule has 0 aliphatic heterocycles. The van der Waals surface area contributed by atoms with Gasteiger partial charge in [0.15, 0.2) is 5.69 Å². The Bertz CT molecular complexity index is 882. The van der Waals surface area contributed by atoms with Gasteiger partial charge in [0.25, 0.3) is 0 Å². The van der Waals surface area contributed by atoms with Crippen LogP contribution in [0.2, 0.25) is 0 Å². The van der Waals surface area contributed by atoms with Crippen molar-refractivity contribution in [1.82, 2.24) is 15.0 Å². The van der Waals surface area contributed by atoms with Crippen LogP contribution in [0.4, 0.5) is 4.39 Å². The van der Waals surface area contributed by atoms with Gasteiger partial charge in [-0.2, -0.15) is 5.26 Å². The fraction of sp³-hybridized carbons (Fsp3) is 0.118. The smallest absolute Gasteiger partial charge is 0.191 e. The summed E-state index contributed by atoms with van der Waals surface area (Å²) in [6, 6.07) is 15.4. The minimum Gasteiger partial charge on any atom is -0.492 e. The third-order valence-electron chi connectivity index (χ3n) is 3.30. The molecule has 0 unspecified atom stereocenters. The second kappa shape index (κ2) is 6.28. The van der Waals surface area contributed by atoms with Crippen molar-refractivity contribution >= 4 is 0 Å². The van der Waals surface area contributed by atoms with Gasteiger partial charge in [0, 0.05) is 5.56 Å². The van der Waals surface area contributed by atoms with Gasteiger partial charge in [-0.05, 0) is 31.2 Å². The van der Waals surface area contributed by atoms with Gasteiger partial charge >= 0.3 is 0 Å². The highest BCUT2D eigenvalue weighted by molar-refractivity contribution is 5.68. The third kappa shape index (κ3) is 2.64. The zero-order valence-electron chi connectivity index (χ0n) is 12.4. The van der Waals surface area contributed by atoms with Gasteiger partial charge in [0.05, 0.1) is 6.61 Å². The molecule has 0 radical (unpaired) electrons. The maximum atomic E-state index is 14.2. The van der Waals surface area contributed by atoms with Crippen LogP contribution in [0.25, 0.3) is 16.9 Å². The topological polar surface area (TPSA) is 63.7 Å². The number of aromatic nitrogens is 3. The summed E-state index contributed by atoms with van der Waals surface area (Å²) >= 11 is 0. The summed E-state index contributed by atoms with van der Waals surface area (Å²) < 4.78 is 21.2. The highest BCUT2D eigenvalue weighted by Crippen LogP contribution is 2.30. The number of nitriles is 1. The molecule has 3 rings (SSSR count). The Labute approximate surface area is 132 Å². The Morgan fingerprint density at radius 1 is 1.17 bits per heavy atom. The second-order valence-corrected chi connectivity index (χ2v) is 4.69. The molecule has 0 atom stereocenters. The summed E-state index contributed by atoms with van der Waals surface area (Å²) in [7, 11) is 0. The Hall–Kier alpha value is -3.20. The molecule has 6 heteroatoms. The molecule has 1 aromatic heterocycles. The van der Waals surface area contributed by atoms with E-state index in [4.69, 9.17) is 4.74 Å². The van der Waals surface area contributed by atoms with Crippen molar-refractivity contribution in [3.63, 3.8) is 0 Å². The molecule has 0 aliphatic rings. The quantitative estimate of drug-likeness (QED) is 0.741. The number of nitrogens with zero attached hydrogens (tertiary/aromatic N) is 4. The van der Waals surface area contributed by atoms with Crippen LogP contribution in [0.5, 0.6) is 5.75 Å². The largest absolute Gasteiger partial charge is 0.492 e. The van der Waals surface area contributed by atoms with E-state index in [0.717, 1.165) is 0 Å². The molecule has 23 heavy (non-hydrogen) atoms. The van der Waals surface area contributed by atoms with Gasteiger partial charge in [0.2, 0.25) is 0 Å². The average molecular weight is 308 g/mol. The molecule has 0 fully saturated rings. The van der Waals surface area contributed by atoms with Crippen molar-refractivity contribution in [3.05, 3.63) is 60.0 Å². The van der Waals surface area contributed by atoms with Crippen LogP contribution >= 0.6 is 0 Å². The van der Waals surface area contributed by atoms with Crippen LogP contribution in [-0.2, 0) is 0 Å². The van der Waals surface area contributed by atoms with Gasteiger partial charge in [-0.1, -0.05) is 29.5 Å². The van der Waals surface area contributed by atoms with Gasteiger partial charge in [-0.25, -0.2) is 9.07 Å². The van der Waals surface area contributed by atoms with E-state index in [1.165, 1.54) is 10.7 Å². The SMILES string of the molecule is CCOc1ccccc1-n1nnc(C#N)c1-c1ccccc1F. The molecule has 114 valence electrons. The molecule has 0 spiro atoms. The minimum absolute atomic E-state index is 0.0569. The zero-order valence-corrected chi connectivity index (χ0v) is 12.4. The molecule has 3 aromatic rings. The van der Waals surface area contributed by atoms with Crippen molar-refractivity contribution in [2.24, 2.45) is 0 Å². The van der Waals surface area contributed by atoms with Gasteiger partial charge in [-0.15, -0.1) is 5.10 Å². The zero-order chi connectivity index (χ0) is 16.2. The summed E-state index contributed by atoms with van der Waals surface area (Å²) in [5.74, 6) is 0.142. The van der Waals surface area contributed by atoms with Crippen LogP contribution in [-0.4, -0.2) is 21.6 Å². The maximum absolute atomic E-state index is 14.2. The molecule has 0 N–H and O–H groups in total. The number of hydrogen-bond donors (Lipinski definition) is 0. The Kier molecular flexibility index (Phi) is 4.02. The average Bonchev–Trinajstić information content (AvgIpc) is 3.00. The first-order valence-electron chi connectivity index (χ1n) is 7.09. The van der Waals surface area contributed by atoms with Crippen LogP contribution in [0.1, 0.15) is 12.6 Å². The maximum Gasteiger partial charge on any atom is 0.191 e. The second-order valence-electron chi connectivity index (χ2n) is 4.69. The molecular weight excluding hydrogens is 295 g/mol. The van der Waals surface area contributed by atoms with E-state index in [-0.39, 0.29) is 11.3 Å². The summed E-state index contributed by atoms with van der Waals surface area (Å²) in [6.07, 6.45) is 0. The molecule has 0 bridgehead atoms. The van der Waals surface area contributed by atoms with Crippen molar-refractivity contribution in [3.8, 4) is 28.8 Å². The van der Waals surface area contributed by atoms with Crippen molar-refractivity contribution in [1.29, 1.82) is 5.26 Å².